The topological polar surface area (TPSA) is 44.0 Å². The van der Waals surface area contributed by atoms with Gasteiger partial charge in [-0.15, -0.1) is 0 Å². The molecule has 0 aromatic carbocycles. The predicted octanol–water partition coefficient (Wildman–Crippen LogP) is 2.46. The van der Waals surface area contributed by atoms with Crippen LogP contribution in [0.5, 0.6) is 0 Å². The Morgan fingerprint density at radius 2 is 1.84 bits per heavy atom. The molecule has 1 saturated heterocycles. The first-order chi connectivity index (χ1) is 8.69. The molecule has 0 saturated carbocycles. The minimum atomic E-state index is 0.196. The zero-order valence-electron chi connectivity index (χ0n) is 13.2. The van der Waals surface area contributed by atoms with Crippen LogP contribution in [-0.2, 0) is 6.54 Å². The summed E-state index contributed by atoms with van der Waals surface area (Å²) in [6.07, 6.45) is 4.14. The molecule has 1 aliphatic heterocycles. The molecule has 1 aliphatic rings. The smallest absolute Gasteiger partial charge is 0.0925 e. The van der Waals surface area contributed by atoms with Crippen molar-refractivity contribution in [3.63, 3.8) is 0 Å². The quantitative estimate of drug-likeness (QED) is 0.881. The van der Waals surface area contributed by atoms with Crippen molar-refractivity contribution in [2.45, 2.75) is 71.1 Å². The van der Waals surface area contributed by atoms with E-state index in [9.17, 15) is 0 Å². The highest BCUT2D eigenvalue weighted by molar-refractivity contribution is 5.09. The van der Waals surface area contributed by atoms with E-state index in [-0.39, 0.29) is 11.1 Å². The molecule has 0 radical (unpaired) electrons. The molecular weight excluding hydrogens is 236 g/mol. The zero-order chi connectivity index (χ0) is 14.3. The maximum Gasteiger partial charge on any atom is 0.0925 e. The maximum absolute atomic E-state index is 4.41. The van der Waals surface area contributed by atoms with E-state index in [1.807, 2.05) is 0 Å². The van der Waals surface area contributed by atoms with Crippen molar-refractivity contribution in [1.29, 1.82) is 0 Å². The summed E-state index contributed by atoms with van der Waals surface area (Å²) in [6.45, 7) is 12.2. The van der Waals surface area contributed by atoms with Crippen LogP contribution in [0.25, 0.3) is 0 Å². The van der Waals surface area contributed by atoms with Gasteiger partial charge in [0.1, 0.15) is 0 Å². The van der Waals surface area contributed by atoms with Crippen LogP contribution < -0.4 is 5.32 Å². The first-order valence-electron chi connectivity index (χ1n) is 7.17. The summed E-state index contributed by atoms with van der Waals surface area (Å²) in [7, 11) is 2.22. The summed E-state index contributed by atoms with van der Waals surface area (Å²) in [4.78, 5) is 10.0. The number of rotatable bonds is 3. The van der Waals surface area contributed by atoms with E-state index in [1.54, 1.807) is 6.33 Å². The largest absolute Gasteiger partial charge is 0.348 e. The van der Waals surface area contributed by atoms with E-state index in [2.05, 4.69) is 61.9 Å². The molecule has 0 amide bonds. The van der Waals surface area contributed by atoms with Crippen molar-refractivity contribution < 1.29 is 0 Å². The molecule has 0 bridgehead atoms. The summed E-state index contributed by atoms with van der Waals surface area (Å²) < 4.78 is 0. The van der Waals surface area contributed by atoms with Crippen molar-refractivity contribution in [2.75, 3.05) is 7.05 Å². The second-order valence-corrected chi connectivity index (χ2v) is 7.34. The Hall–Kier alpha value is -0.870. The Kier molecular flexibility index (Phi) is 3.76. The van der Waals surface area contributed by atoms with Crippen molar-refractivity contribution in [2.24, 2.45) is 0 Å². The van der Waals surface area contributed by atoms with Gasteiger partial charge in [-0.1, -0.05) is 0 Å². The number of imidazole rings is 1. The van der Waals surface area contributed by atoms with Crippen LogP contribution in [0.4, 0.5) is 0 Å². The molecule has 0 unspecified atom stereocenters. The minimum absolute atomic E-state index is 0.196. The normalized spacial score (nSPS) is 22.9. The second kappa shape index (κ2) is 4.91. The van der Waals surface area contributed by atoms with Gasteiger partial charge < -0.3 is 10.3 Å². The number of nitrogens with zero attached hydrogens (tertiary/aromatic N) is 2. The fourth-order valence-electron chi connectivity index (χ4n) is 3.49. The second-order valence-electron chi connectivity index (χ2n) is 7.34. The highest BCUT2D eigenvalue weighted by Gasteiger charge is 2.39. The van der Waals surface area contributed by atoms with Gasteiger partial charge in [0.05, 0.1) is 12.0 Å². The molecule has 4 nitrogen and oxygen atoms in total. The Balaban J connectivity index is 2.06. The first-order valence-corrected chi connectivity index (χ1v) is 7.17. The molecule has 19 heavy (non-hydrogen) atoms. The highest BCUT2D eigenvalue weighted by atomic mass is 15.2. The standard InChI is InChI=1S/C15H28N4/c1-11-13(17-10-16-11)9-19(6)12-7-14(2,3)18-15(4,5)8-12/h10,12,18H,7-9H2,1-6H3,(H,16,17). The number of aryl methyl sites for hydroxylation is 1. The molecule has 2 heterocycles. The molecule has 108 valence electrons. The fraction of sp³-hybridized carbons (Fsp3) is 0.800. The lowest BCUT2D eigenvalue weighted by Crippen LogP contribution is -2.61. The van der Waals surface area contributed by atoms with Gasteiger partial charge >= 0.3 is 0 Å². The van der Waals surface area contributed by atoms with E-state index in [0.29, 0.717) is 6.04 Å². The number of H-pyrrole nitrogens is 1. The summed E-state index contributed by atoms with van der Waals surface area (Å²) in [5, 5.41) is 3.74. The molecule has 1 aromatic heterocycles. The third-order valence-electron chi connectivity index (χ3n) is 4.13. The SMILES string of the molecule is Cc1[nH]cnc1CN(C)C1CC(C)(C)NC(C)(C)C1. The third kappa shape index (κ3) is 3.57. The number of aromatic amines is 1. The summed E-state index contributed by atoms with van der Waals surface area (Å²) in [5.41, 5.74) is 2.73. The van der Waals surface area contributed by atoms with E-state index in [0.717, 1.165) is 12.2 Å². The van der Waals surface area contributed by atoms with Gasteiger partial charge in [0.25, 0.3) is 0 Å². The summed E-state index contributed by atoms with van der Waals surface area (Å²) in [5.74, 6) is 0. The molecule has 0 atom stereocenters. The van der Waals surface area contributed by atoms with E-state index in [1.165, 1.54) is 18.5 Å². The number of hydrogen-bond donors (Lipinski definition) is 2. The van der Waals surface area contributed by atoms with Crippen LogP contribution in [-0.4, -0.2) is 39.0 Å². The average molecular weight is 264 g/mol. The van der Waals surface area contributed by atoms with Gasteiger partial charge in [-0.2, -0.15) is 0 Å². The molecule has 1 aromatic rings. The lowest BCUT2D eigenvalue weighted by atomic mass is 9.79. The summed E-state index contributed by atoms with van der Waals surface area (Å²) in [6, 6.07) is 0.599. The van der Waals surface area contributed by atoms with Crippen LogP contribution >= 0.6 is 0 Å². The third-order valence-corrected chi connectivity index (χ3v) is 4.13. The van der Waals surface area contributed by atoms with Crippen LogP contribution in [0.2, 0.25) is 0 Å². The van der Waals surface area contributed by atoms with Crippen LogP contribution in [0.3, 0.4) is 0 Å². The molecule has 0 spiro atoms. The van der Waals surface area contributed by atoms with Crippen LogP contribution in [0.15, 0.2) is 6.33 Å². The van der Waals surface area contributed by atoms with E-state index < -0.39 is 0 Å². The zero-order valence-corrected chi connectivity index (χ0v) is 13.2. The Bertz CT molecular complexity index is 417. The molecule has 2 N–H and O–H groups in total. The van der Waals surface area contributed by atoms with Crippen molar-refractivity contribution in [1.82, 2.24) is 20.2 Å². The lowest BCUT2D eigenvalue weighted by Gasteiger charge is -2.49. The molecule has 4 heteroatoms. The van der Waals surface area contributed by atoms with E-state index >= 15 is 0 Å². The number of piperidine rings is 1. The van der Waals surface area contributed by atoms with Gasteiger partial charge in [0.15, 0.2) is 0 Å². The number of hydrogen-bond acceptors (Lipinski definition) is 3. The Morgan fingerprint density at radius 3 is 2.32 bits per heavy atom. The number of aromatic nitrogens is 2. The average Bonchev–Trinajstić information content (AvgIpc) is 2.59. The molecule has 2 rings (SSSR count). The molecule has 0 aliphatic carbocycles. The maximum atomic E-state index is 4.41. The van der Waals surface area contributed by atoms with Gasteiger partial charge in [0.2, 0.25) is 0 Å². The Labute approximate surface area is 117 Å². The lowest BCUT2D eigenvalue weighted by molar-refractivity contribution is 0.0769. The van der Waals surface area contributed by atoms with Crippen LogP contribution in [0.1, 0.15) is 51.9 Å². The van der Waals surface area contributed by atoms with Crippen molar-refractivity contribution in [3.05, 3.63) is 17.7 Å². The van der Waals surface area contributed by atoms with Gasteiger partial charge in [-0.25, -0.2) is 4.98 Å². The van der Waals surface area contributed by atoms with E-state index in [4.69, 9.17) is 0 Å². The predicted molar refractivity (Wildman–Crippen MR) is 79.1 cm³/mol. The molecule has 1 fully saturated rings. The number of nitrogens with one attached hydrogen (secondary N) is 2. The molecular formula is C15H28N4. The highest BCUT2D eigenvalue weighted by Crippen LogP contribution is 2.31. The van der Waals surface area contributed by atoms with Gasteiger partial charge in [-0.05, 0) is 54.5 Å². The van der Waals surface area contributed by atoms with Crippen molar-refractivity contribution >= 4 is 0 Å². The minimum Gasteiger partial charge on any atom is -0.348 e. The summed E-state index contributed by atoms with van der Waals surface area (Å²) >= 11 is 0. The monoisotopic (exact) mass is 264 g/mol. The van der Waals surface area contributed by atoms with Crippen LogP contribution in [0, 0.1) is 6.92 Å². The Morgan fingerprint density at radius 1 is 1.26 bits per heavy atom. The van der Waals surface area contributed by atoms with Gasteiger partial charge in [0, 0.05) is 29.4 Å². The van der Waals surface area contributed by atoms with Gasteiger partial charge in [-0.3, -0.25) is 4.90 Å². The first kappa shape index (κ1) is 14.5. The fourth-order valence-corrected chi connectivity index (χ4v) is 3.49. The van der Waals surface area contributed by atoms with Crippen molar-refractivity contribution in [3.8, 4) is 0 Å².